The number of hydrogen-bond acceptors (Lipinski definition) is 17. The Morgan fingerprint density at radius 3 is 1.27 bits per heavy atom. The van der Waals surface area contributed by atoms with Crippen LogP contribution in [0.5, 0.6) is 0 Å². The molecule has 3 aliphatic heterocycles. The van der Waals surface area contributed by atoms with Crippen molar-refractivity contribution in [3.63, 3.8) is 0 Å². The monoisotopic (exact) mass is 958 g/mol. The topological polar surface area (TPSA) is 201 Å². The molecular formula is C42H78N4O14S3. The Hall–Kier alpha value is -1.18. The lowest BCUT2D eigenvalue weighted by Gasteiger charge is -2.16. The molecule has 21 heteroatoms. The van der Waals surface area contributed by atoms with Gasteiger partial charge in [0, 0.05) is 47.9 Å². The summed E-state index contributed by atoms with van der Waals surface area (Å²) in [7, 11) is 3.97. The van der Waals surface area contributed by atoms with E-state index in [2.05, 4.69) is 21.3 Å². The number of rotatable bonds is 46. The van der Waals surface area contributed by atoms with Gasteiger partial charge in [0.05, 0.1) is 157 Å². The van der Waals surface area contributed by atoms with Crippen LogP contribution in [0.4, 0.5) is 4.79 Å². The minimum atomic E-state index is -0.0618. The summed E-state index contributed by atoms with van der Waals surface area (Å²) in [5, 5.41) is 13.0. The van der Waals surface area contributed by atoms with Gasteiger partial charge in [-0.2, -0.15) is 11.8 Å². The highest BCUT2D eigenvalue weighted by Gasteiger charge is 2.42. The summed E-state index contributed by atoms with van der Waals surface area (Å²) in [6, 6.07) is 0.401. The van der Waals surface area contributed by atoms with Crippen LogP contribution in [0.2, 0.25) is 0 Å². The van der Waals surface area contributed by atoms with Crippen molar-refractivity contribution in [2.45, 2.75) is 80.4 Å². The summed E-state index contributed by atoms with van der Waals surface area (Å²) in [4.78, 5) is 35.5. The van der Waals surface area contributed by atoms with Crippen molar-refractivity contribution < 1.29 is 66.5 Å². The van der Waals surface area contributed by atoms with E-state index >= 15 is 0 Å². The first-order valence-electron chi connectivity index (χ1n) is 23.0. The maximum absolute atomic E-state index is 12.1. The summed E-state index contributed by atoms with van der Waals surface area (Å²) in [6.45, 7) is 11.6. The minimum Gasteiger partial charge on any atom is -0.377 e. The standard InChI is InChI=1S/C42H78N4O14S3/c47-39(7-3-1-5-36-9-34-62-63-36)43-10-12-50-14-16-52-18-20-54-22-24-56-26-28-58-30-32-60-33-31-59-29-27-57-25-23-55-21-19-53-17-15-51-13-11-44-40(48)8-4-2-6-38-41-37(35-61-38)45-42(49)46-41/h36-38,41H,1-35H2,(H,43,47)(H,44,48)(H2,45,46,49)/t36-,37-,38+,41-/m1/s1. The number of carbonyl (C=O) groups is 3. The van der Waals surface area contributed by atoms with Crippen molar-refractivity contribution in [1.29, 1.82) is 0 Å². The quantitative estimate of drug-likeness (QED) is 0.0394. The molecule has 63 heavy (non-hydrogen) atoms. The summed E-state index contributed by atoms with van der Waals surface area (Å²) < 4.78 is 60.6. The summed E-state index contributed by atoms with van der Waals surface area (Å²) in [5.74, 6) is 2.37. The second kappa shape index (κ2) is 41.0. The number of unbranched alkanes of at least 4 members (excludes halogenated alkanes) is 2. The Labute approximate surface area is 387 Å². The maximum Gasteiger partial charge on any atom is 0.315 e. The van der Waals surface area contributed by atoms with Gasteiger partial charge in [-0.05, 0) is 32.1 Å². The van der Waals surface area contributed by atoms with E-state index in [0.717, 1.165) is 43.1 Å². The fraction of sp³-hybridized carbons (Fsp3) is 0.929. The average Bonchev–Trinajstić information content (AvgIpc) is 4.04. The Bertz CT molecular complexity index is 1120. The lowest BCUT2D eigenvalue weighted by Crippen LogP contribution is -2.36. The molecule has 0 radical (unpaired) electrons. The van der Waals surface area contributed by atoms with Crippen molar-refractivity contribution in [3.05, 3.63) is 0 Å². The van der Waals surface area contributed by atoms with Crippen molar-refractivity contribution in [3.8, 4) is 0 Å². The number of amides is 4. The average molecular weight is 959 g/mol. The smallest absolute Gasteiger partial charge is 0.315 e. The summed E-state index contributed by atoms with van der Waals surface area (Å²) in [5.41, 5.74) is 0. The molecule has 0 saturated carbocycles. The van der Waals surface area contributed by atoms with Gasteiger partial charge >= 0.3 is 6.03 Å². The molecule has 0 spiro atoms. The first-order chi connectivity index (χ1) is 31.1. The Morgan fingerprint density at radius 2 is 0.889 bits per heavy atom. The molecule has 0 aromatic carbocycles. The van der Waals surface area contributed by atoms with E-state index in [1.165, 1.54) is 18.6 Å². The number of carbonyl (C=O) groups excluding carboxylic acids is 3. The van der Waals surface area contributed by atoms with Gasteiger partial charge in [0.2, 0.25) is 11.8 Å². The molecule has 0 aromatic rings. The van der Waals surface area contributed by atoms with Crippen LogP contribution < -0.4 is 21.3 Å². The highest BCUT2D eigenvalue weighted by Crippen LogP contribution is 2.40. The van der Waals surface area contributed by atoms with Gasteiger partial charge in [0.25, 0.3) is 0 Å². The van der Waals surface area contributed by atoms with Crippen LogP contribution in [0, 0.1) is 0 Å². The van der Waals surface area contributed by atoms with Gasteiger partial charge in [-0.15, -0.1) is 0 Å². The molecular weight excluding hydrogens is 881 g/mol. The number of ether oxygens (including phenoxy) is 11. The fourth-order valence-electron chi connectivity index (χ4n) is 6.50. The molecule has 4 N–H and O–H groups in total. The van der Waals surface area contributed by atoms with E-state index in [0.29, 0.717) is 177 Å². The molecule has 3 aliphatic rings. The maximum atomic E-state index is 12.1. The molecule has 18 nitrogen and oxygen atoms in total. The number of hydrogen-bond donors (Lipinski definition) is 4. The third-order valence-electron chi connectivity index (χ3n) is 9.85. The zero-order chi connectivity index (χ0) is 44.5. The molecule has 3 saturated heterocycles. The summed E-state index contributed by atoms with van der Waals surface area (Å²) >= 11 is 1.90. The second-order valence-electron chi connectivity index (χ2n) is 14.9. The summed E-state index contributed by atoms with van der Waals surface area (Å²) in [6.07, 6.45) is 8.52. The highest BCUT2D eigenvalue weighted by atomic mass is 33.1. The van der Waals surface area contributed by atoms with Gasteiger partial charge in [0.1, 0.15) is 0 Å². The molecule has 0 bridgehead atoms. The van der Waals surface area contributed by atoms with Crippen LogP contribution >= 0.6 is 33.3 Å². The minimum absolute atomic E-state index is 0.0415. The van der Waals surface area contributed by atoms with E-state index in [1.54, 1.807) is 0 Å². The van der Waals surface area contributed by atoms with Crippen LogP contribution in [0.15, 0.2) is 0 Å². The van der Waals surface area contributed by atoms with Gasteiger partial charge in [-0.1, -0.05) is 34.4 Å². The van der Waals surface area contributed by atoms with E-state index in [-0.39, 0.29) is 29.9 Å². The van der Waals surface area contributed by atoms with Crippen LogP contribution in [0.25, 0.3) is 0 Å². The first kappa shape index (κ1) is 56.1. The molecule has 3 fully saturated rings. The third kappa shape index (κ3) is 32.2. The van der Waals surface area contributed by atoms with Crippen LogP contribution in [-0.4, -0.2) is 210 Å². The van der Waals surface area contributed by atoms with Gasteiger partial charge in [0.15, 0.2) is 0 Å². The van der Waals surface area contributed by atoms with E-state index in [1.807, 2.05) is 33.3 Å². The Balaban J connectivity index is 0.876. The lowest BCUT2D eigenvalue weighted by molar-refractivity contribution is -0.122. The molecule has 0 aromatic heterocycles. The first-order valence-corrected chi connectivity index (χ1v) is 26.4. The number of urea groups is 1. The highest BCUT2D eigenvalue weighted by molar-refractivity contribution is 8.77. The zero-order valence-electron chi connectivity index (χ0n) is 37.5. The van der Waals surface area contributed by atoms with Crippen molar-refractivity contribution >= 4 is 51.2 Å². The van der Waals surface area contributed by atoms with E-state index in [9.17, 15) is 14.4 Å². The largest absolute Gasteiger partial charge is 0.377 e. The van der Waals surface area contributed by atoms with Crippen LogP contribution in [-0.2, 0) is 61.7 Å². The molecule has 0 aliphatic carbocycles. The molecule has 4 amide bonds. The molecule has 368 valence electrons. The van der Waals surface area contributed by atoms with Crippen molar-refractivity contribution in [2.24, 2.45) is 0 Å². The van der Waals surface area contributed by atoms with Gasteiger partial charge < -0.3 is 73.4 Å². The molecule has 3 rings (SSSR count). The SMILES string of the molecule is O=C(CCCC[C@@H]1CCSS1)NCCOCCOCCOCCOCCOCCOCCOCCOCCOCCOCCOCCNC(=O)CCCC[C@@H]1SC[C@H]2NC(=O)N[C@@H]12. The Morgan fingerprint density at radius 1 is 0.508 bits per heavy atom. The zero-order valence-corrected chi connectivity index (χ0v) is 39.9. The number of fused-ring (bicyclic) bond motifs is 1. The van der Waals surface area contributed by atoms with Crippen LogP contribution in [0.1, 0.15) is 57.8 Å². The molecule has 4 atom stereocenters. The Kier molecular flexibility index (Phi) is 36.6. The molecule has 3 heterocycles. The number of nitrogens with one attached hydrogen (secondary N) is 4. The molecule has 0 unspecified atom stereocenters. The fourth-order valence-corrected chi connectivity index (χ4v) is 11.1. The van der Waals surface area contributed by atoms with Gasteiger partial charge in [-0.25, -0.2) is 4.79 Å². The van der Waals surface area contributed by atoms with Gasteiger partial charge in [-0.3, -0.25) is 9.59 Å². The predicted molar refractivity (Wildman–Crippen MR) is 246 cm³/mol. The van der Waals surface area contributed by atoms with Crippen molar-refractivity contribution in [1.82, 2.24) is 21.3 Å². The van der Waals surface area contributed by atoms with Crippen LogP contribution in [0.3, 0.4) is 0 Å². The number of thioether (sulfide) groups is 1. The van der Waals surface area contributed by atoms with E-state index in [4.69, 9.17) is 52.1 Å². The van der Waals surface area contributed by atoms with Crippen molar-refractivity contribution in [2.75, 3.05) is 170 Å². The lowest BCUT2D eigenvalue weighted by atomic mass is 10.0. The predicted octanol–water partition coefficient (Wildman–Crippen LogP) is 2.84. The van der Waals surface area contributed by atoms with E-state index < -0.39 is 0 Å². The normalized spacial score (nSPS) is 19.3. The second-order valence-corrected chi connectivity index (χ2v) is 18.9. The third-order valence-corrected chi connectivity index (χ3v) is 14.4.